The standard InChI is InChI=1S/C19H24ClN5O/c1-3-16-17(4-2)22-23-19(21-16)25-11-9-24(10-12-25)18(26)13-14-5-7-15(20)8-6-14/h5-8H,3-4,9-13H2,1-2H3. The van der Waals surface area contributed by atoms with Crippen molar-refractivity contribution in [3.8, 4) is 0 Å². The highest BCUT2D eigenvalue weighted by Crippen LogP contribution is 2.15. The molecule has 1 aliphatic rings. The third-order valence-electron chi connectivity index (χ3n) is 4.68. The maximum atomic E-state index is 12.5. The Kier molecular flexibility index (Phi) is 6.04. The molecular formula is C19H24ClN5O. The predicted molar refractivity (Wildman–Crippen MR) is 103 cm³/mol. The number of halogens is 1. The number of benzene rings is 1. The monoisotopic (exact) mass is 373 g/mol. The summed E-state index contributed by atoms with van der Waals surface area (Å²) in [5.41, 5.74) is 2.96. The molecule has 2 aromatic rings. The van der Waals surface area contributed by atoms with E-state index in [-0.39, 0.29) is 5.91 Å². The molecule has 1 aliphatic heterocycles. The number of amides is 1. The van der Waals surface area contributed by atoms with E-state index in [1.165, 1.54) is 0 Å². The molecule has 0 unspecified atom stereocenters. The van der Waals surface area contributed by atoms with Gasteiger partial charge in [0.2, 0.25) is 11.9 Å². The summed E-state index contributed by atoms with van der Waals surface area (Å²) < 4.78 is 0. The SMILES string of the molecule is CCc1nnc(N2CCN(C(=O)Cc3ccc(Cl)cc3)CC2)nc1CC. The number of aromatic nitrogens is 3. The number of anilines is 1. The van der Waals surface area contributed by atoms with Crippen LogP contribution in [-0.4, -0.2) is 52.2 Å². The van der Waals surface area contributed by atoms with Crippen molar-refractivity contribution in [3.63, 3.8) is 0 Å². The lowest BCUT2D eigenvalue weighted by Gasteiger charge is -2.34. The van der Waals surface area contributed by atoms with Crippen molar-refractivity contribution in [3.05, 3.63) is 46.2 Å². The highest BCUT2D eigenvalue weighted by atomic mass is 35.5. The van der Waals surface area contributed by atoms with Crippen LogP contribution >= 0.6 is 11.6 Å². The molecule has 1 fully saturated rings. The Balaban J connectivity index is 1.58. The van der Waals surface area contributed by atoms with Crippen LogP contribution in [0.25, 0.3) is 0 Å². The number of rotatable bonds is 5. The molecule has 138 valence electrons. The lowest BCUT2D eigenvalue weighted by molar-refractivity contribution is -0.130. The number of nitrogens with zero attached hydrogens (tertiary/aromatic N) is 5. The number of carbonyl (C=O) groups excluding carboxylic acids is 1. The smallest absolute Gasteiger partial charge is 0.245 e. The zero-order chi connectivity index (χ0) is 18.5. The second-order valence-corrected chi connectivity index (χ2v) is 6.82. The summed E-state index contributed by atoms with van der Waals surface area (Å²) in [6.07, 6.45) is 2.10. The van der Waals surface area contributed by atoms with E-state index in [9.17, 15) is 4.79 Å². The molecule has 2 heterocycles. The number of hydrogen-bond donors (Lipinski definition) is 0. The van der Waals surface area contributed by atoms with Crippen LogP contribution in [0.3, 0.4) is 0 Å². The fourth-order valence-corrected chi connectivity index (χ4v) is 3.23. The van der Waals surface area contributed by atoms with E-state index >= 15 is 0 Å². The van der Waals surface area contributed by atoms with Gasteiger partial charge in [-0.25, -0.2) is 4.98 Å². The zero-order valence-corrected chi connectivity index (χ0v) is 16.0. The fourth-order valence-electron chi connectivity index (χ4n) is 3.11. The van der Waals surface area contributed by atoms with Gasteiger partial charge in [-0.1, -0.05) is 37.6 Å². The van der Waals surface area contributed by atoms with Crippen LogP contribution in [0.15, 0.2) is 24.3 Å². The van der Waals surface area contributed by atoms with Gasteiger partial charge in [0.25, 0.3) is 0 Å². The Morgan fingerprint density at radius 3 is 2.27 bits per heavy atom. The highest BCUT2D eigenvalue weighted by molar-refractivity contribution is 6.30. The molecule has 26 heavy (non-hydrogen) atoms. The molecule has 1 aromatic heterocycles. The minimum absolute atomic E-state index is 0.140. The first-order valence-electron chi connectivity index (χ1n) is 9.10. The molecule has 0 bridgehead atoms. The van der Waals surface area contributed by atoms with Crippen molar-refractivity contribution >= 4 is 23.5 Å². The van der Waals surface area contributed by atoms with Crippen LogP contribution in [-0.2, 0) is 24.1 Å². The van der Waals surface area contributed by atoms with E-state index < -0.39 is 0 Å². The summed E-state index contributed by atoms with van der Waals surface area (Å²) >= 11 is 5.89. The molecule has 0 atom stereocenters. The Labute approximate surface area is 159 Å². The summed E-state index contributed by atoms with van der Waals surface area (Å²) in [6, 6.07) is 7.44. The Hall–Kier alpha value is -2.21. The minimum atomic E-state index is 0.140. The number of aryl methyl sites for hydroxylation is 2. The third-order valence-corrected chi connectivity index (χ3v) is 4.93. The number of hydrogen-bond acceptors (Lipinski definition) is 5. The van der Waals surface area contributed by atoms with Gasteiger partial charge in [-0.05, 0) is 30.5 Å². The van der Waals surface area contributed by atoms with Gasteiger partial charge in [0, 0.05) is 31.2 Å². The molecule has 0 N–H and O–H groups in total. The van der Waals surface area contributed by atoms with Gasteiger partial charge < -0.3 is 9.80 Å². The molecular weight excluding hydrogens is 350 g/mol. The highest BCUT2D eigenvalue weighted by Gasteiger charge is 2.23. The molecule has 1 aromatic carbocycles. The third kappa shape index (κ3) is 4.30. The molecule has 7 heteroatoms. The quantitative estimate of drug-likeness (QED) is 0.806. The van der Waals surface area contributed by atoms with E-state index in [4.69, 9.17) is 11.6 Å². The fraction of sp³-hybridized carbons (Fsp3) is 0.474. The largest absolute Gasteiger partial charge is 0.339 e. The molecule has 0 spiro atoms. The minimum Gasteiger partial charge on any atom is -0.339 e. The van der Waals surface area contributed by atoms with Crippen LogP contribution in [0.2, 0.25) is 5.02 Å². The van der Waals surface area contributed by atoms with Gasteiger partial charge in [-0.3, -0.25) is 4.79 Å². The summed E-state index contributed by atoms with van der Waals surface area (Å²) in [4.78, 5) is 21.2. The normalized spacial score (nSPS) is 14.6. The van der Waals surface area contributed by atoms with E-state index in [0.717, 1.165) is 42.9 Å². The summed E-state index contributed by atoms with van der Waals surface area (Å²) in [6.45, 7) is 6.95. The van der Waals surface area contributed by atoms with Gasteiger partial charge in [0.05, 0.1) is 17.8 Å². The molecule has 0 aliphatic carbocycles. The van der Waals surface area contributed by atoms with E-state index in [0.29, 0.717) is 30.5 Å². The van der Waals surface area contributed by atoms with Crippen LogP contribution in [0.1, 0.15) is 30.8 Å². The van der Waals surface area contributed by atoms with Gasteiger partial charge >= 0.3 is 0 Å². The maximum Gasteiger partial charge on any atom is 0.245 e. The number of piperazine rings is 1. The van der Waals surface area contributed by atoms with Crippen molar-refractivity contribution in [2.24, 2.45) is 0 Å². The van der Waals surface area contributed by atoms with Gasteiger partial charge in [0.1, 0.15) is 0 Å². The maximum absolute atomic E-state index is 12.5. The Bertz CT molecular complexity index is 757. The first-order valence-corrected chi connectivity index (χ1v) is 9.48. The number of carbonyl (C=O) groups is 1. The first-order chi connectivity index (χ1) is 12.6. The lowest BCUT2D eigenvalue weighted by atomic mass is 10.1. The Morgan fingerprint density at radius 1 is 1.00 bits per heavy atom. The lowest BCUT2D eigenvalue weighted by Crippen LogP contribution is -2.49. The van der Waals surface area contributed by atoms with Gasteiger partial charge in [0.15, 0.2) is 0 Å². The van der Waals surface area contributed by atoms with Crippen molar-refractivity contribution in [1.29, 1.82) is 0 Å². The van der Waals surface area contributed by atoms with Gasteiger partial charge in [-0.15, -0.1) is 5.10 Å². The second kappa shape index (κ2) is 8.45. The topological polar surface area (TPSA) is 62.2 Å². The molecule has 0 radical (unpaired) electrons. The second-order valence-electron chi connectivity index (χ2n) is 6.38. The van der Waals surface area contributed by atoms with E-state index in [2.05, 4.69) is 33.9 Å². The molecule has 6 nitrogen and oxygen atoms in total. The van der Waals surface area contributed by atoms with Crippen molar-refractivity contribution in [1.82, 2.24) is 20.1 Å². The van der Waals surface area contributed by atoms with Crippen LogP contribution < -0.4 is 4.90 Å². The summed E-state index contributed by atoms with van der Waals surface area (Å²) in [7, 11) is 0. The van der Waals surface area contributed by atoms with Crippen LogP contribution in [0.5, 0.6) is 0 Å². The molecule has 1 saturated heterocycles. The van der Waals surface area contributed by atoms with Crippen LogP contribution in [0, 0.1) is 0 Å². The van der Waals surface area contributed by atoms with E-state index in [1.807, 2.05) is 29.2 Å². The van der Waals surface area contributed by atoms with Crippen molar-refractivity contribution in [2.45, 2.75) is 33.1 Å². The zero-order valence-electron chi connectivity index (χ0n) is 15.3. The molecule has 1 amide bonds. The average Bonchev–Trinajstić information content (AvgIpc) is 2.69. The average molecular weight is 374 g/mol. The van der Waals surface area contributed by atoms with Gasteiger partial charge in [-0.2, -0.15) is 5.10 Å². The van der Waals surface area contributed by atoms with Crippen LogP contribution in [0.4, 0.5) is 5.95 Å². The predicted octanol–water partition coefficient (Wildman–Crippen LogP) is 2.54. The van der Waals surface area contributed by atoms with E-state index in [1.54, 1.807) is 0 Å². The summed E-state index contributed by atoms with van der Waals surface area (Å²) in [5, 5.41) is 9.28. The first kappa shape index (κ1) is 18.6. The van der Waals surface area contributed by atoms with Crippen molar-refractivity contribution in [2.75, 3.05) is 31.1 Å². The summed E-state index contributed by atoms with van der Waals surface area (Å²) in [5.74, 6) is 0.811. The molecule has 3 rings (SSSR count). The Morgan fingerprint density at radius 2 is 1.65 bits per heavy atom. The van der Waals surface area contributed by atoms with Crippen molar-refractivity contribution < 1.29 is 4.79 Å². The molecule has 0 saturated carbocycles.